The summed E-state index contributed by atoms with van der Waals surface area (Å²) in [7, 11) is 0. The van der Waals surface area contributed by atoms with Crippen molar-refractivity contribution < 1.29 is 4.79 Å². The molecule has 2 aliphatic heterocycles. The smallest absolute Gasteiger partial charge is 0.234 e. The molecule has 3 aliphatic rings. The minimum absolute atomic E-state index is 0. The Labute approximate surface area is 128 Å². The van der Waals surface area contributed by atoms with Crippen LogP contribution in [0.3, 0.4) is 0 Å². The summed E-state index contributed by atoms with van der Waals surface area (Å²) in [5.41, 5.74) is 0. The Morgan fingerprint density at radius 1 is 1.20 bits per heavy atom. The van der Waals surface area contributed by atoms with Crippen LogP contribution in [0.25, 0.3) is 0 Å². The first-order valence-corrected chi connectivity index (χ1v) is 7.95. The molecule has 0 aromatic heterocycles. The quantitative estimate of drug-likeness (QED) is 0.825. The maximum Gasteiger partial charge on any atom is 0.234 e. The van der Waals surface area contributed by atoms with E-state index in [4.69, 9.17) is 0 Å². The molecule has 0 bridgehead atoms. The molecule has 1 saturated carbocycles. The van der Waals surface area contributed by atoms with Crippen LogP contribution in [0, 0.1) is 17.8 Å². The van der Waals surface area contributed by atoms with Crippen LogP contribution in [0.2, 0.25) is 0 Å². The zero-order valence-corrected chi connectivity index (χ0v) is 13.3. The average molecular weight is 302 g/mol. The molecule has 2 N–H and O–H groups in total. The van der Waals surface area contributed by atoms with Crippen LogP contribution >= 0.6 is 12.4 Å². The van der Waals surface area contributed by atoms with Gasteiger partial charge >= 0.3 is 0 Å². The number of nitrogens with one attached hydrogen (secondary N) is 2. The first kappa shape index (κ1) is 16.1. The first-order chi connectivity index (χ1) is 9.22. The fraction of sp³-hybridized carbons (Fsp3) is 0.933. The monoisotopic (exact) mass is 301 g/mol. The summed E-state index contributed by atoms with van der Waals surface area (Å²) in [6.45, 7) is 7.37. The summed E-state index contributed by atoms with van der Waals surface area (Å²) in [6.07, 6.45) is 5.04. The van der Waals surface area contributed by atoms with Crippen molar-refractivity contribution in [1.82, 2.24) is 15.5 Å². The van der Waals surface area contributed by atoms with Crippen LogP contribution in [0.4, 0.5) is 0 Å². The molecule has 0 spiro atoms. The van der Waals surface area contributed by atoms with Crippen LogP contribution in [-0.2, 0) is 4.79 Å². The number of nitrogens with zero attached hydrogens (tertiary/aromatic N) is 1. The Morgan fingerprint density at radius 2 is 1.85 bits per heavy atom. The van der Waals surface area contributed by atoms with Gasteiger partial charge in [0.2, 0.25) is 5.91 Å². The number of halogens is 1. The normalized spacial score (nSPS) is 37.2. The van der Waals surface area contributed by atoms with Gasteiger partial charge in [0, 0.05) is 19.1 Å². The number of hydrogen-bond donors (Lipinski definition) is 2. The zero-order valence-electron chi connectivity index (χ0n) is 12.4. The standard InChI is InChI=1S/C15H27N3O.ClH/c1-11-4-2-3-5-14(11)17-15(19)10-18-8-12-6-16-7-13(12)9-18;/h11-14,16H,2-10H2,1H3,(H,17,19);1H/t11?,12-,13+,14?;. The van der Waals surface area contributed by atoms with E-state index in [0.29, 0.717) is 18.5 Å². The number of fused-ring (bicyclic) bond motifs is 1. The van der Waals surface area contributed by atoms with E-state index in [1.165, 1.54) is 25.7 Å². The minimum atomic E-state index is 0. The molecule has 4 atom stereocenters. The van der Waals surface area contributed by atoms with E-state index in [0.717, 1.165) is 38.0 Å². The Morgan fingerprint density at radius 3 is 2.50 bits per heavy atom. The number of rotatable bonds is 3. The van der Waals surface area contributed by atoms with Gasteiger partial charge in [-0.15, -0.1) is 12.4 Å². The highest BCUT2D eigenvalue weighted by molar-refractivity contribution is 5.85. The lowest BCUT2D eigenvalue weighted by Gasteiger charge is -2.30. The van der Waals surface area contributed by atoms with Crippen molar-refractivity contribution >= 4 is 18.3 Å². The third-order valence-corrected chi connectivity index (χ3v) is 5.29. The number of likely N-dealkylation sites (tertiary alicyclic amines) is 1. The van der Waals surface area contributed by atoms with Crippen LogP contribution in [0.15, 0.2) is 0 Å². The Kier molecular flexibility index (Phi) is 5.70. The average Bonchev–Trinajstić information content (AvgIpc) is 2.92. The second-order valence-corrected chi connectivity index (χ2v) is 6.81. The first-order valence-electron chi connectivity index (χ1n) is 7.95. The lowest BCUT2D eigenvalue weighted by molar-refractivity contribution is -0.123. The summed E-state index contributed by atoms with van der Waals surface area (Å²) >= 11 is 0. The SMILES string of the molecule is CC1CCCCC1NC(=O)CN1C[C@H]2CNC[C@H]2C1.Cl. The van der Waals surface area contributed by atoms with Gasteiger partial charge in [0.05, 0.1) is 6.54 Å². The fourth-order valence-electron chi connectivity index (χ4n) is 4.07. The molecule has 1 amide bonds. The molecule has 2 saturated heterocycles. The second-order valence-electron chi connectivity index (χ2n) is 6.81. The molecule has 0 aromatic rings. The highest BCUT2D eigenvalue weighted by Gasteiger charge is 2.36. The van der Waals surface area contributed by atoms with Gasteiger partial charge in [0.1, 0.15) is 0 Å². The molecule has 3 rings (SSSR count). The van der Waals surface area contributed by atoms with Gasteiger partial charge in [0.15, 0.2) is 0 Å². The zero-order chi connectivity index (χ0) is 13.2. The van der Waals surface area contributed by atoms with Crippen molar-refractivity contribution in [2.75, 3.05) is 32.7 Å². The van der Waals surface area contributed by atoms with Gasteiger partial charge < -0.3 is 10.6 Å². The van der Waals surface area contributed by atoms with Gasteiger partial charge in [-0.3, -0.25) is 9.69 Å². The van der Waals surface area contributed by atoms with Crippen molar-refractivity contribution in [2.24, 2.45) is 17.8 Å². The van der Waals surface area contributed by atoms with E-state index >= 15 is 0 Å². The third kappa shape index (κ3) is 3.66. The summed E-state index contributed by atoms with van der Waals surface area (Å²) in [6, 6.07) is 0.421. The molecule has 2 heterocycles. The van der Waals surface area contributed by atoms with Crippen LogP contribution in [-0.4, -0.2) is 49.6 Å². The van der Waals surface area contributed by atoms with Gasteiger partial charge in [-0.1, -0.05) is 19.8 Å². The van der Waals surface area contributed by atoms with Crippen LogP contribution < -0.4 is 10.6 Å². The third-order valence-electron chi connectivity index (χ3n) is 5.29. The summed E-state index contributed by atoms with van der Waals surface area (Å²) in [5.74, 6) is 2.45. The van der Waals surface area contributed by atoms with E-state index in [9.17, 15) is 4.79 Å². The van der Waals surface area contributed by atoms with E-state index in [1.54, 1.807) is 0 Å². The van der Waals surface area contributed by atoms with Crippen molar-refractivity contribution in [3.8, 4) is 0 Å². The van der Waals surface area contributed by atoms with E-state index < -0.39 is 0 Å². The van der Waals surface area contributed by atoms with Crippen LogP contribution in [0.1, 0.15) is 32.6 Å². The maximum absolute atomic E-state index is 12.2. The number of carbonyl (C=O) groups excluding carboxylic acids is 1. The molecule has 20 heavy (non-hydrogen) atoms. The molecule has 5 heteroatoms. The largest absolute Gasteiger partial charge is 0.352 e. The van der Waals surface area contributed by atoms with E-state index in [1.807, 2.05) is 0 Å². The second kappa shape index (κ2) is 7.10. The molecular formula is C15H28ClN3O. The van der Waals surface area contributed by atoms with E-state index in [-0.39, 0.29) is 18.3 Å². The van der Waals surface area contributed by atoms with Crippen molar-refractivity contribution in [3.63, 3.8) is 0 Å². The summed E-state index contributed by atoms with van der Waals surface area (Å²) in [5, 5.41) is 6.71. The Bertz CT molecular complexity index is 327. The Balaban J connectivity index is 0.00000147. The minimum Gasteiger partial charge on any atom is -0.352 e. The van der Waals surface area contributed by atoms with Gasteiger partial charge in [-0.25, -0.2) is 0 Å². The molecule has 1 aliphatic carbocycles. The number of amides is 1. The molecular weight excluding hydrogens is 274 g/mol. The van der Waals surface area contributed by atoms with Gasteiger partial charge in [-0.05, 0) is 43.7 Å². The van der Waals surface area contributed by atoms with Crippen LogP contribution in [0.5, 0.6) is 0 Å². The summed E-state index contributed by atoms with van der Waals surface area (Å²) in [4.78, 5) is 14.5. The van der Waals surface area contributed by atoms with E-state index in [2.05, 4.69) is 22.5 Å². The highest BCUT2D eigenvalue weighted by atomic mass is 35.5. The molecule has 3 fully saturated rings. The molecule has 2 unspecified atom stereocenters. The number of carbonyl (C=O) groups is 1. The lowest BCUT2D eigenvalue weighted by atomic mass is 9.86. The van der Waals surface area contributed by atoms with Gasteiger partial charge in [0.25, 0.3) is 0 Å². The molecule has 4 nitrogen and oxygen atoms in total. The lowest BCUT2D eigenvalue weighted by Crippen LogP contribution is -2.45. The number of hydrogen-bond acceptors (Lipinski definition) is 3. The predicted octanol–water partition coefficient (Wildman–Crippen LogP) is 1.25. The predicted molar refractivity (Wildman–Crippen MR) is 83.1 cm³/mol. The van der Waals surface area contributed by atoms with Crippen molar-refractivity contribution in [1.29, 1.82) is 0 Å². The molecule has 0 aromatic carbocycles. The van der Waals surface area contributed by atoms with Gasteiger partial charge in [-0.2, -0.15) is 0 Å². The maximum atomic E-state index is 12.2. The van der Waals surface area contributed by atoms with Crippen molar-refractivity contribution in [2.45, 2.75) is 38.6 Å². The molecule has 116 valence electrons. The molecule has 0 radical (unpaired) electrons. The Hall–Kier alpha value is -0.320. The topological polar surface area (TPSA) is 44.4 Å². The summed E-state index contributed by atoms with van der Waals surface area (Å²) < 4.78 is 0. The highest BCUT2D eigenvalue weighted by Crippen LogP contribution is 2.26. The fourth-order valence-corrected chi connectivity index (χ4v) is 4.07. The van der Waals surface area contributed by atoms with Crippen molar-refractivity contribution in [3.05, 3.63) is 0 Å².